The smallest absolute Gasteiger partial charge is 0.253 e. The lowest BCUT2D eigenvalue weighted by Crippen LogP contribution is -2.55. The molecule has 0 bridgehead atoms. The molecule has 5 nitrogen and oxygen atoms in total. The van der Waals surface area contributed by atoms with E-state index in [1.807, 2.05) is 20.1 Å². The Morgan fingerprint density at radius 1 is 1.32 bits per heavy atom. The molecule has 1 aliphatic rings. The van der Waals surface area contributed by atoms with Crippen LogP contribution in [0.4, 0.5) is 0 Å². The Hall–Kier alpha value is -1.24. The summed E-state index contributed by atoms with van der Waals surface area (Å²) >= 11 is 7.74. The first-order chi connectivity index (χ1) is 11.9. The van der Waals surface area contributed by atoms with Crippen molar-refractivity contribution in [2.45, 2.75) is 38.5 Å². The summed E-state index contributed by atoms with van der Waals surface area (Å²) in [7, 11) is 0. The maximum atomic E-state index is 13.0. The number of benzene rings is 1. The second kappa shape index (κ2) is 9.46. The maximum Gasteiger partial charge on any atom is 0.253 e. The fourth-order valence-corrected chi connectivity index (χ4v) is 3.65. The van der Waals surface area contributed by atoms with E-state index in [4.69, 9.17) is 16.3 Å². The molecule has 0 unspecified atom stereocenters. The molecule has 0 saturated carbocycles. The van der Waals surface area contributed by atoms with E-state index in [1.54, 1.807) is 40.9 Å². The number of carbonyl (C=O) groups excluding carboxylic acids is 2. The van der Waals surface area contributed by atoms with Crippen LogP contribution in [-0.4, -0.2) is 60.1 Å². The zero-order valence-corrected chi connectivity index (χ0v) is 16.4. The number of hydrogen-bond acceptors (Lipinski definition) is 4. The number of thioether (sulfide) groups is 1. The fraction of sp³-hybridized carbons (Fsp3) is 0.556. The Bertz CT molecular complexity index is 604. The standard InChI is InChI=1S/C18H25ClN2O3S/c1-12-10-21(11-13(2)24-12)18(23)16(8-9-25-3)20-17(22)14-6-4-5-7-15(14)19/h4-7,12-13,16H,8-11H2,1-3H3,(H,20,22)/t12-,13-,16+/m1/s1. The van der Waals surface area contributed by atoms with Crippen molar-refractivity contribution >= 4 is 35.2 Å². The predicted octanol–water partition coefficient (Wildman–Crippen LogP) is 2.83. The summed E-state index contributed by atoms with van der Waals surface area (Å²) < 4.78 is 5.69. The van der Waals surface area contributed by atoms with Gasteiger partial charge in [0.2, 0.25) is 5.91 Å². The highest BCUT2D eigenvalue weighted by atomic mass is 35.5. The fourth-order valence-electron chi connectivity index (χ4n) is 2.95. The van der Waals surface area contributed by atoms with Gasteiger partial charge in [0.05, 0.1) is 22.8 Å². The summed E-state index contributed by atoms with van der Waals surface area (Å²) in [6.45, 7) is 4.99. The van der Waals surface area contributed by atoms with Crippen LogP contribution in [0.25, 0.3) is 0 Å². The van der Waals surface area contributed by atoms with Gasteiger partial charge in [0, 0.05) is 13.1 Å². The third-order valence-electron chi connectivity index (χ3n) is 4.06. The lowest BCUT2D eigenvalue weighted by Gasteiger charge is -2.37. The molecule has 1 N–H and O–H groups in total. The van der Waals surface area contributed by atoms with Crippen molar-refractivity contribution in [3.05, 3.63) is 34.9 Å². The number of rotatable bonds is 6. The van der Waals surface area contributed by atoms with E-state index in [2.05, 4.69) is 5.32 Å². The van der Waals surface area contributed by atoms with Crippen LogP contribution in [0.1, 0.15) is 30.6 Å². The van der Waals surface area contributed by atoms with E-state index < -0.39 is 6.04 Å². The van der Waals surface area contributed by atoms with Crippen molar-refractivity contribution in [2.75, 3.05) is 25.1 Å². The van der Waals surface area contributed by atoms with Crippen LogP contribution in [0.15, 0.2) is 24.3 Å². The molecule has 0 spiro atoms. The number of nitrogens with one attached hydrogen (secondary N) is 1. The molecule has 0 radical (unpaired) electrons. The van der Waals surface area contributed by atoms with E-state index in [0.29, 0.717) is 30.1 Å². The number of carbonyl (C=O) groups is 2. The molecule has 0 aromatic heterocycles. The lowest BCUT2D eigenvalue weighted by atomic mass is 10.1. The van der Waals surface area contributed by atoms with E-state index in [1.165, 1.54) is 0 Å². The van der Waals surface area contributed by atoms with Crippen LogP contribution < -0.4 is 5.32 Å². The molecule has 2 amide bonds. The molecule has 1 aliphatic heterocycles. The SMILES string of the molecule is CSCC[C@H](NC(=O)c1ccccc1Cl)C(=O)N1C[C@@H](C)O[C@H](C)C1. The Balaban J connectivity index is 2.11. The molecule has 1 aromatic carbocycles. The van der Waals surface area contributed by atoms with Gasteiger partial charge in [0.15, 0.2) is 0 Å². The Morgan fingerprint density at radius 3 is 2.56 bits per heavy atom. The van der Waals surface area contributed by atoms with Crippen molar-refractivity contribution in [2.24, 2.45) is 0 Å². The summed E-state index contributed by atoms with van der Waals surface area (Å²) in [5.41, 5.74) is 0.384. The van der Waals surface area contributed by atoms with Crippen LogP contribution in [0.3, 0.4) is 0 Å². The molecule has 7 heteroatoms. The van der Waals surface area contributed by atoms with Crippen LogP contribution in [0.5, 0.6) is 0 Å². The van der Waals surface area contributed by atoms with Crippen LogP contribution in [0, 0.1) is 0 Å². The molecular weight excluding hydrogens is 360 g/mol. The van der Waals surface area contributed by atoms with Crippen LogP contribution in [0.2, 0.25) is 5.02 Å². The van der Waals surface area contributed by atoms with Crippen molar-refractivity contribution in [3.8, 4) is 0 Å². The number of ether oxygens (including phenoxy) is 1. The first-order valence-corrected chi connectivity index (χ1v) is 10.2. The quantitative estimate of drug-likeness (QED) is 0.819. The van der Waals surface area contributed by atoms with Gasteiger partial charge in [0.25, 0.3) is 5.91 Å². The molecule has 1 saturated heterocycles. The minimum atomic E-state index is -0.561. The molecule has 1 heterocycles. The van der Waals surface area contributed by atoms with Gasteiger partial charge in [-0.15, -0.1) is 0 Å². The second-order valence-corrected chi connectivity index (χ2v) is 7.68. The average molecular weight is 385 g/mol. The highest BCUT2D eigenvalue weighted by Crippen LogP contribution is 2.17. The zero-order valence-electron chi connectivity index (χ0n) is 14.8. The molecule has 138 valence electrons. The van der Waals surface area contributed by atoms with Gasteiger partial charge in [-0.25, -0.2) is 0 Å². The first kappa shape index (κ1) is 20.1. The van der Waals surface area contributed by atoms with Gasteiger partial charge < -0.3 is 15.0 Å². The van der Waals surface area contributed by atoms with E-state index in [0.717, 1.165) is 5.75 Å². The Kier molecular flexibility index (Phi) is 7.59. The van der Waals surface area contributed by atoms with E-state index in [9.17, 15) is 9.59 Å². The minimum Gasteiger partial charge on any atom is -0.372 e. The van der Waals surface area contributed by atoms with Crippen molar-refractivity contribution < 1.29 is 14.3 Å². The topological polar surface area (TPSA) is 58.6 Å². The van der Waals surface area contributed by atoms with Gasteiger partial charge in [-0.1, -0.05) is 23.7 Å². The first-order valence-electron chi connectivity index (χ1n) is 8.41. The number of hydrogen-bond donors (Lipinski definition) is 1. The normalized spacial score (nSPS) is 21.7. The average Bonchev–Trinajstić information content (AvgIpc) is 2.57. The van der Waals surface area contributed by atoms with Crippen molar-refractivity contribution in [1.82, 2.24) is 10.2 Å². The van der Waals surface area contributed by atoms with Gasteiger partial charge in [-0.05, 0) is 44.4 Å². The van der Waals surface area contributed by atoms with Gasteiger partial charge >= 0.3 is 0 Å². The summed E-state index contributed by atoms with van der Waals surface area (Å²) in [6, 6.07) is 6.29. The Labute approximate surface area is 158 Å². The molecule has 25 heavy (non-hydrogen) atoms. The van der Waals surface area contributed by atoms with E-state index >= 15 is 0 Å². The number of amides is 2. The van der Waals surface area contributed by atoms with Crippen molar-refractivity contribution in [1.29, 1.82) is 0 Å². The maximum absolute atomic E-state index is 13.0. The number of morpholine rings is 1. The largest absolute Gasteiger partial charge is 0.372 e. The number of nitrogens with zero attached hydrogens (tertiary/aromatic N) is 1. The number of halogens is 1. The molecule has 1 fully saturated rings. The third kappa shape index (κ3) is 5.62. The minimum absolute atomic E-state index is 0.00632. The van der Waals surface area contributed by atoms with Crippen molar-refractivity contribution in [3.63, 3.8) is 0 Å². The van der Waals surface area contributed by atoms with Gasteiger partial charge in [-0.3, -0.25) is 9.59 Å². The predicted molar refractivity (Wildman–Crippen MR) is 102 cm³/mol. The summed E-state index contributed by atoms with van der Waals surface area (Å²) in [5, 5.41) is 3.25. The molecule has 2 rings (SSSR count). The third-order valence-corrected chi connectivity index (χ3v) is 5.04. The summed E-state index contributed by atoms with van der Waals surface area (Å²) in [5.74, 6) is 0.408. The molecule has 0 aliphatic carbocycles. The van der Waals surface area contributed by atoms with Crippen LogP contribution in [-0.2, 0) is 9.53 Å². The summed E-state index contributed by atoms with van der Waals surface area (Å²) in [4.78, 5) is 27.3. The highest BCUT2D eigenvalue weighted by Gasteiger charge is 2.31. The zero-order chi connectivity index (χ0) is 18.4. The second-order valence-electron chi connectivity index (χ2n) is 6.29. The Morgan fingerprint density at radius 2 is 1.96 bits per heavy atom. The monoisotopic (exact) mass is 384 g/mol. The summed E-state index contributed by atoms with van der Waals surface area (Å²) in [6.07, 6.45) is 2.55. The molecule has 1 aromatic rings. The van der Waals surface area contributed by atoms with Gasteiger partial charge in [0.1, 0.15) is 6.04 Å². The molecular formula is C18H25ClN2O3S. The van der Waals surface area contributed by atoms with E-state index in [-0.39, 0.29) is 24.0 Å². The molecule has 3 atom stereocenters. The van der Waals surface area contributed by atoms with Crippen LogP contribution >= 0.6 is 23.4 Å². The lowest BCUT2D eigenvalue weighted by molar-refractivity contribution is -0.145. The highest BCUT2D eigenvalue weighted by molar-refractivity contribution is 7.98. The van der Waals surface area contributed by atoms with Gasteiger partial charge in [-0.2, -0.15) is 11.8 Å².